The van der Waals surface area contributed by atoms with E-state index in [2.05, 4.69) is 17.9 Å². The highest BCUT2D eigenvalue weighted by Gasteiger charge is 2.10. The Labute approximate surface area is 185 Å². The number of carbonyl (C=O) groups excluding carboxylic acids is 3. The highest BCUT2D eigenvalue weighted by molar-refractivity contribution is 5.90. The minimum atomic E-state index is -1.12. The number of benzene rings is 3. The molecule has 32 heavy (non-hydrogen) atoms. The molecule has 3 aromatic rings. The summed E-state index contributed by atoms with van der Waals surface area (Å²) in [6.45, 7) is 8.37. The number of carbonyl (C=O) groups is 3. The van der Waals surface area contributed by atoms with Crippen LogP contribution in [-0.2, 0) is 14.3 Å². The van der Waals surface area contributed by atoms with E-state index in [1.165, 1.54) is 0 Å². The summed E-state index contributed by atoms with van der Waals surface area (Å²) in [7, 11) is 0. The van der Waals surface area contributed by atoms with Gasteiger partial charge in [0, 0.05) is 11.6 Å². The lowest BCUT2D eigenvalue weighted by Crippen LogP contribution is -2.14. The third kappa shape index (κ3) is 5.79. The van der Waals surface area contributed by atoms with Gasteiger partial charge in [-0.3, -0.25) is 0 Å². The van der Waals surface area contributed by atoms with Crippen molar-refractivity contribution in [3.63, 3.8) is 0 Å². The van der Waals surface area contributed by atoms with Gasteiger partial charge in [0.05, 0.1) is 0 Å². The van der Waals surface area contributed by atoms with Crippen LogP contribution in [0.25, 0.3) is 22.3 Å². The maximum atomic E-state index is 11.6. The fourth-order valence-electron chi connectivity index (χ4n) is 2.72. The van der Waals surface area contributed by atoms with Gasteiger partial charge < -0.3 is 14.2 Å². The summed E-state index contributed by atoms with van der Waals surface area (Å²) >= 11 is 0. The molecule has 0 aliphatic heterocycles. The van der Waals surface area contributed by atoms with E-state index in [0.29, 0.717) is 11.3 Å². The average Bonchev–Trinajstić information content (AvgIpc) is 2.80. The normalized spacial score (nSPS) is 10.0. The molecule has 0 aromatic heterocycles. The number of ether oxygens (including phenoxy) is 3. The first-order valence-electron chi connectivity index (χ1n) is 9.60. The molecule has 0 unspecified atom stereocenters. The zero-order valence-corrected chi connectivity index (χ0v) is 17.4. The maximum Gasteiger partial charge on any atom is 0.521 e. The summed E-state index contributed by atoms with van der Waals surface area (Å²) < 4.78 is 14.5. The Balaban J connectivity index is 1.66. The van der Waals surface area contributed by atoms with Crippen LogP contribution in [0.2, 0.25) is 0 Å². The summed E-state index contributed by atoms with van der Waals surface area (Å²) in [6, 6.07) is 21.9. The molecule has 0 amide bonds. The molecule has 0 aliphatic rings. The lowest BCUT2D eigenvalue weighted by molar-refractivity contribution is -0.133. The van der Waals surface area contributed by atoms with E-state index in [9.17, 15) is 14.4 Å². The second-order valence-electron chi connectivity index (χ2n) is 6.77. The van der Waals surface area contributed by atoms with Crippen LogP contribution >= 0.6 is 0 Å². The van der Waals surface area contributed by atoms with Crippen molar-refractivity contribution in [2.75, 3.05) is 0 Å². The molecule has 0 saturated carbocycles. The molecular weight excluding hydrogens is 408 g/mol. The first-order chi connectivity index (χ1) is 15.4. The van der Waals surface area contributed by atoms with Gasteiger partial charge in [-0.2, -0.15) is 0 Å². The Kier molecular flexibility index (Phi) is 6.98. The summed E-state index contributed by atoms with van der Waals surface area (Å²) in [5.41, 5.74) is 4.20. The number of hydrogen-bond acceptors (Lipinski definition) is 6. The molecule has 6 nitrogen and oxygen atoms in total. The molecule has 0 N–H and O–H groups in total. The van der Waals surface area contributed by atoms with Crippen LogP contribution in [0.15, 0.2) is 97.6 Å². The van der Waals surface area contributed by atoms with Crippen LogP contribution in [0.5, 0.6) is 11.5 Å². The second-order valence-corrected chi connectivity index (χ2v) is 6.77. The number of hydrogen-bond donors (Lipinski definition) is 0. The Morgan fingerprint density at radius 3 is 1.44 bits per heavy atom. The van der Waals surface area contributed by atoms with Gasteiger partial charge in [0.2, 0.25) is 0 Å². The fourth-order valence-corrected chi connectivity index (χ4v) is 2.72. The van der Waals surface area contributed by atoms with Gasteiger partial charge in [0.1, 0.15) is 11.5 Å². The van der Waals surface area contributed by atoms with Gasteiger partial charge in [-0.1, -0.05) is 61.7 Å². The average molecular weight is 428 g/mol. The van der Waals surface area contributed by atoms with Crippen molar-refractivity contribution in [1.29, 1.82) is 0 Å². The number of esters is 2. The monoisotopic (exact) mass is 428 g/mol. The zero-order chi connectivity index (χ0) is 23.1. The minimum absolute atomic E-state index is 0.250. The van der Waals surface area contributed by atoms with E-state index in [1.807, 2.05) is 36.4 Å². The highest BCUT2D eigenvalue weighted by Crippen LogP contribution is 2.27. The molecule has 3 aromatic carbocycles. The summed E-state index contributed by atoms with van der Waals surface area (Å²) in [4.78, 5) is 34.1. The molecule has 6 heteroatoms. The van der Waals surface area contributed by atoms with Crippen LogP contribution in [0.3, 0.4) is 0 Å². The van der Waals surface area contributed by atoms with E-state index >= 15 is 0 Å². The SMILES string of the molecule is C=CC(=O)OC(=O)Oc1ccc(-c2ccc(-c3ccc(OC(=O)C(=C)C)cc3)cc2)cc1. The molecule has 0 heterocycles. The predicted molar refractivity (Wildman–Crippen MR) is 120 cm³/mol. The van der Waals surface area contributed by atoms with Crippen molar-refractivity contribution in [3.05, 3.63) is 97.6 Å². The Morgan fingerprint density at radius 2 is 1.06 bits per heavy atom. The van der Waals surface area contributed by atoms with Crippen LogP contribution in [0.4, 0.5) is 4.79 Å². The van der Waals surface area contributed by atoms with Gasteiger partial charge in [-0.05, 0) is 53.4 Å². The zero-order valence-electron chi connectivity index (χ0n) is 17.4. The van der Waals surface area contributed by atoms with Crippen molar-refractivity contribution in [1.82, 2.24) is 0 Å². The van der Waals surface area contributed by atoms with E-state index < -0.39 is 18.1 Å². The van der Waals surface area contributed by atoms with Gasteiger partial charge in [-0.15, -0.1) is 0 Å². The van der Waals surface area contributed by atoms with Crippen LogP contribution < -0.4 is 9.47 Å². The largest absolute Gasteiger partial charge is 0.521 e. The van der Waals surface area contributed by atoms with Gasteiger partial charge in [0.25, 0.3) is 0 Å². The summed E-state index contributed by atoms with van der Waals surface area (Å²) in [5.74, 6) is -0.631. The Bertz CT molecular complexity index is 1160. The first-order valence-corrected chi connectivity index (χ1v) is 9.60. The van der Waals surface area contributed by atoms with Gasteiger partial charge >= 0.3 is 18.1 Å². The van der Waals surface area contributed by atoms with Crippen molar-refractivity contribution >= 4 is 18.1 Å². The third-order valence-corrected chi connectivity index (χ3v) is 4.37. The second kappa shape index (κ2) is 10.0. The van der Waals surface area contributed by atoms with E-state index in [4.69, 9.17) is 9.47 Å². The summed E-state index contributed by atoms with van der Waals surface area (Å²) in [6.07, 6.45) is -0.242. The Morgan fingerprint density at radius 1 is 0.688 bits per heavy atom. The van der Waals surface area contributed by atoms with Gasteiger partial charge in [-0.25, -0.2) is 14.4 Å². The Hall–Kier alpha value is -4.45. The van der Waals surface area contributed by atoms with Crippen molar-refractivity contribution < 1.29 is 28.6 Å². The fraction of sp³-hybridized carbons (Fsp3) is 0.0385. The maximum absolute atomic E-state index is 11.6. The summed E-state index contributed by atoms with van der Waals surface area (Å²) in [5, 5.41) is 0. The minimum Gasteiger partial charge on any atom is -0.423 e. The predicted octanol–water partition coefficient (Wildman–Crippen LogP) is 5.73. The van der Waals surface area contributed by atoms with Crippen LogP contribution in [0, 0.1) is 0 Å². The van der Waals surface area contributed by atoms with Crippen LogP contribution in [-0.4, -0.2) is 18.1 Å². The molecule has 0 spiro atoms. The molecular formula is C26H20O6. The topological polar surface area (TPSA) is 78.9 Å². The quantitative estimate of drug-likeness (QED) is 0.164. The van der Waals surface area contributed by atoms with E-state index in [1.54, 1.807) is 43.3 Å². The van der Waals surface area contributed by atoms with E-state index in [0.717, 1.165) is 28.3 Å². The first kappa shape index (κ1) is 22.2. The van der Waals surface area contributed by atoms with Crippen molar-refractivity contribution in [2.24, 2.45) is 0 Å². The molecule has 0 aliphatic carbocycles. The molecule has 0 bridgehead atoms. The smallest absolute Gasteiger partial charge is 0.423 e. The van der Waals surface area contributed by atoms with Gasteiger partial charge in [0.15, 0.2) is 0 Å². The standard InChI is InChI=1S/C26H20O6/c1-4-24(27)32-26(29)31-23-15-11-21(12-16-23)19-7-5-18(6-8-19)20-9-13-22(14-10-20)30-25(28)17(2)3/h4-16H,1-2H2,3H3. The molecule has 3 rings (SSSR count). The molecule has 0 saturated heterocycles. The van der Waals surface area contributed by atoms with E-state index in [-0.39, 0.29) is 5.75 Å². The van der Waals surface area contributed by atoms with Crippen molar-refractivity contribution in [3.8, 4) is 33.8 Å². The molecule has 0 atom stereocenters. The lowest BCUT2D eigenvalue weighted by Gasteiger charge is -2.08. The van der Waals surface area contributed by atoms with Crippen molar-refractivity contribution in [2.45, 2.75) is 6.92 Å². The molecule has 0 fully saturated rings. The molecule has 0 radical (unpaired) electrons. The molecule has 160 valence electrons. The highest BCUT2D eigenvalue weighted by atomic mass is 16.7. The van der Waals surface area contributed by atoms with Crippen LogP contribution in [0.1, 0.15) is 6.92 Å². The number of rotatable bonds is 6. The third-order valence-electron chi connectivity index (χ3n) is 4.37. The lowest BCUT2D eigenvalue weighted by atomic mass is 10.0.